The number of carboxylic acid groups (broad SMARTS) is 1. The number of amides is 3. The number of ether oxygens (including phenoxy) is 1. The van der Waals surface area contributed by atoms with Gasteiger partial charge in [-0.2, -0.15) is 0 Å². The molecule has 0 saturated heterocycles. The summed E-state index contributed by atoms with van der Waals surface area (Å²) < 4.78 is 5.37. The lowest BCUT2D eigenvalue weighted by Gasteiger charge is -2.14. The van der Waals surface area contributed by atoms with Crippen molar-refractivity contribution >= 4 is 23.9 Å². The molecular formula is C25H29N3O6. The van der Waals surface area contributed by atoms with Crippen LogP contribution in [0.2, 0.25) is 0 Å². The van der Waals surface area contributed by atoms with Crippen molar-refractivity contribution in [1.82, 2.24) is 16.0 Å². The maximum Gasteiger partial charge on any atom is 0.407 e. The summed E-state index contributed by atoms with van der Waals surface area (Å²) in [6.45, 7) is 0.0438. The first-order chi connectivity index (χ1) is 16.5. The molecule has 1 aliphatic rings. The van der Waals surface area contributed by atoms with Crippen molar-refractivity contribution in [3.63, 3.8) is 0 Å². The van der Waals surface area contributed by atoms with Gasteiger partial charge in [0, 0.05) is 18.9 Å². The zero-order valence-electron chi connectivity index (χ0n) is 18.8. The molecule has 180 valence electrons. The number of hydrogen-bond acceptors (Lipinski definition) is 5. The summed E-state index contributed by atoms with van der Waals surface area (Å²) in [4.78, 5) is 46.2. The number of alkyl carbamates (subject to hydrolysis) is 1. The van der Waals surface area contributed by atoms with Gasteiger partial charge in [0.05, 0.1) is 6.54 Å². The van der Waals surface area contributed by atoms with E-state index in [2.05, 4.69) is 16.0 Å². The molecule has 0 unspecified atom stereocenters. The molecule has 2 aromatic carbocycles. The van der Waals surface area contributed by atoms with Crippen molar-refractivity contribution in [3.05, 3.63) is 59.7 Å². The van der Waals surface area contributed by atoms with Gasteiger partial charge in [0.15, 0.2) is 0 Å². The van der Waals surface area contributed by atoms with Crippen LogP contribution < -0.4 is 16.0 Å². The highest BCUT2D eigenvalue weighted by atomic mass is 16.5. The number of rotatable bonds is 12. The molecule has 0 saturated carbocycles. The predicted octanol–water partition coefficient (Wildman–Crippen LogP) is 2.40. The second-order valence-corrected chi connectivity index (χ2v) is 8.01. The summed E-state index contributed by atoms with van der Waals surface area (Å²) in [5.74, 6) is -1.77. The number of carboxylic acids is 1. The average Bonchev–Trinajstić information content (AvgIpc) is 3.15. The molecule has 0 radical (unpaired) electrons. The van der Waals surface area contributed by atoms with Crippen molar-refractivity contribution < 1.29 is 29.0 Å². The van der Waals surface area contributed by atoms with Crippen molar-refractivity contribution in [1.29, 1.82) is 0 Å². The maximum absolute atomic E-state index is 12.1. The SMILES string of the molecule is O=C(O)CCCCCNC(=O)CNC(=O)CNC(=O)OCC1c2ccccc2-c2ccccc21. The number of benzene rings is 2. The third-order valence-corrected chi connectivity index (χ3v) is 5.57. The summed E-state index contributed by atoms with van der Waals surface area (Å²) in [5.41, 5.74) is 4.46. The molecule has 0 fully saturated rings. The number of carbonyl (C=O) groups is 4. The molecule has 34 heavy (non-hydrogen) atoms. The molecule has 0 spiro atoms. The summed E-state index contributed by atoms with van der Waals surface area (Å²) in [5, 5.41) is 16.0. The first-order valence-corrected chi connectivity index (χ1v) is 11.3. The Morgan fingerprint density at radius 1 is 0.765 bits per heavy atom. The number of hydrogen-bond donors (Lipinski definition) is 4. The van der Waals surface area contributed by atoms with Gasteiger partial charge in [-0.05, 0) is 35.1 Å². The normalized spacial score (nSPS) is 11.8. The quantitative estimate of drug-likeness (QED) is 0.354. The lowest BCUT2D eigenvalue weighted by molar-refractivity contribution is -0.137. The number of carbonyl (C=O) groups excluding carboxylic acids is 3. The van der Waals surface area contributed by atoms with E-state index in [1.807, 2.05) is 48.5 Å². The van der Waals surface area contributed by atoms with Crippen LogP contribution in [0.25, 0.3) is 11.1 Å². The van der Waals surface area contributed by atoms with E-state index in [0.29, 0.717) is 25.8 Å². The second kappa shape index (κ2) is 12.4. The molecular weight excluding hydrogens is 438 g/mol. The van der Waals surface area contributed by atoms with Gasteiger partial charge in [-0.15, -0.1) is 0 Å². The molecule has 3 amide bonds. The van der Waals surface area contributed by atoms with Gasteiger partial charge in [0.1, 0.15) is 13.2 Å². The zero-order valence-corrected chi connectivity index (χ0v) is 18.8. The molecule has 0 aliphatic heterocycles. The first-order valence-electron chi connectivity index (χ1n) is 11.3. The van der Waals surface area contributed by atoms with E-state index in [1.54, 1.807) is 0 Å². The van der Waals surface area contributed by atoms with E-state index in [0.717, 1.165) is 22.3 Å². The van der Waals surface area contributed by atoms with Crippen LogP contribution in [0, 0.1) is 0 Å². The molecule has 0 heterocycles. The Morgan fingerprint density at radius 2 is 1.35 bits per heavy atom. The molecule has 9 heteroatoms. The molecule has 0 aromatic heterocycles. The second-order valence-electron chi connectivity index (χ2n) is 8.01. The van der Waals surface area contributed by atoms with Crippen LogP contribution >= 0.6 is 0 Å². The van der Waals surface area contributed by atoms with Crippen molar-refractivity contribution in [2.45, 2.75) is 31.6 Å². The smallest absolute Gasteiger partial charge is 0.407 e. The Morgan fingerprint density at radius 3 is 2.00 bits per heavy atom. The Bertz CT molecular complexity index is 993. The first kappa shape index (κ1) is 24.8. The lowest BCUT2D eigenvalue weighted by atomic mass is 9.98. The van der Waals surface area contributed by atoms with E-state index >= 15 is 0 Å². The van der Waals surface area contributed by atoms with E-state index in [9.17, 15) is 19.2 Å². The Kier molecular flexibility index (Phi) is 9.02. The summed E-state index contributed by atoms with van der Waals surface area (Å²) in [7, 11) is 0. The third kappa shape index (κ3) is 7.06. The highest BCUT2D eigenvalue weighted by Crippen LogP contribution is 2.44. The number of aliphatic carboxylic acids is 1. The van der Waals surface area contributed by atoms with Gasteiger partial charge in [-0.25, -0.2) is 4.79 Å². The van der Waals surface area contributed by atoms with Gasteiger partial charge in [-0.1, -0.05) is 55.0 Å². The van der Waals surface area contributed by atoms with Crippen LogP contribution in [0.4, 0.5) is 4.79 Å². The monoisotopic (exact) mass is 467 g/mol. The van der Waals surface area contributed by atoms with Gasteiger partial charge in [-0.3, -0.25) is 14.4 Å². The van der Waals surface area contributed by atoms with Crippen LogP contribution in [0.15, 0.2) is 48.5 Å². The zero-order chi connectivity index (χ0) is 24.3. The molecule has 3 rings (SSSR count). The fraction of sp³-hybridized carbons (Fsp3) is 0.360. The highest BCUT2D eigenvalue weighted by molar-refractivity contribution is 5.87. The molecule has 0 atom stereocenters. The minimum Gasteiger partial charge on any atom is -0.481 e. The highest BCUT2D eigenvalue weighted by Gasteiger charge is 2.29. The summed E-state index contributed by atoms with van der Waals surface area (Å²) in [6.07, 6.45) is 1.33. The van der Waals surface area contributed by atoms with Crippen molar-refractivity contribution in [2.24, 2.45) is 0 Å². The lowest BCUT2D eigenvalue weighted by Crippen LogP contribution is -2.42. The van der Waals surface area contributed by atoms with Gasteiger partial charge >= 0.3 is 12.1 Å². The number of fused-ring (bicyclic) bond motifs is 3. The van der Waals surface area contributed by atoms with E-state index < -0.39 is 18.0 Å². The van der Waals surface area contributed by atoms with Gasteiger partial charge in [0.25, 0.3) is 0 Å². The van der Waals surface area contributed by atoms with E-state index in [-0.39, 0.29) is 37.9 Å². The van der Waals surface area contributed by atoms with Crippen LogP contribution in [0.5, 0.6) is 0 Å². The molecule has 2 aromatic rings. The van der Waals surface area contributed by atoms with Crippen LogP contribution in [0.1, 0.15) is 42.7 Å². The van der Waals surface area contributed by atoms with Gasteiger partial charge < -0.3 is 25.8 Å². The Labute approximate surface area is 197 Å². The fourth-order valence-corrected chi connectivity index (χ4v) is 3.91. The summed E-state index contributed by atoms with van der Waals surface area (Å²) in [6, 6.07) is 16.0. The van der Waals surface area contributed by atoms with E-state index in [1.165, 1.54) is 0 Å². The topological polar surface area (TPSA) is 134 Å². The minimum atomic E-state index is -0.835. The van der Waals surface area contributed by atoms with Crippen LogP contribution in [0.3, 0.4) is 0 Å². The molecule has 9 nitrogen and oxygen atoms in total. The number of unbranched alkanes of at least 4 members (excludes halogenated alkanes) is 2. The van der Waals surface area contributed by atoms with Gasteiger partial charge in [0.2, 0.25) is 11.8 Å². The molecule has 4 N–H and O–H groups in total. The Balaban J connectivity index is 1.32. The van der Waals surface area contributed by atoms with Crippen molar-refractivity contribution in [2.75, 3.05) is 26.2 Å². The van der Waals surface area contributed by atoms with E-state index in [4.69, 9.17) is 9.84 Å². The minimum absolute atomic E-state index is 0.0696. The summed E-state index contributed by atoms with van der Waals surface area (Å²) >= 11 is 0. The number of nitrogens with one attached hydrogen (secondary N) is 3. The fourth-order valence-electron chi connectivity index (χ4n) is 3.91. The van der Waals surface area contributed by atoms with Crippen LogP contribution in [-0.2, 0) is 19.1 Å². The molecule has 1 aliphatic carbocycles. The largest absolute Gasteiger partial charge is 0.481 e. The average molecular weight is 468 g/mol. The maximum atomic E-state index is 12.1. The molecule has 0 bridgehead atoms. The third-order valence-electron chi connectivity index (χ3n) is 5.57. The standard InChI is InChI=1S/C25H29N3O6/c29-22(26-13-7-1-2-12-24(31)32)14-27-23(30)15-28-25(33)34-16-21-19-10-5-3-8-17(19)18-9-4-6-11-20(18)21/h3-6,8-11,21H,1-2,7,12-16H2,(H,26,29)(H,27,30)(H,28,33)(H,31,32). The Hall–Kier alpha value is -3.88. The van der Waals surface area contributed by atoms with Crippen LogP contribution in [-0.4, -0.2) is 55.2 Å². The predicted molar refractivity (Wildman–Crippen MR) is 125 cm³/mol. The van der Waals surface area contributed by atoms with Crippen molar-refractivity contribution in [3.8, 4) is 11.1 Å².